The number of fused-ring (bicyclic) bond motifs is 1. The summed E-state index contributed by atoms with van der Waals surface area (Å²) in [6.45, 7) is 0.680. The Balaban J connectivity index is 1.50. The monoisotopic (exact) mass is 348 g/mol. The van der Waals surface area contributed by atoms with Crippen molar-refractivity contribution in [2.75, 3.05) is 5.32 Å². The van der Waals surface area contributed by atoms with Gasteiger partial charge in [-0.3, -0.25) is 0 Å². The van der Waals surface area contributed by atoms with E-state index in [1.54, 1.807) is 0 Å². The third kappa shape index (κ3) is 3.80. The van der Waals surface area contributed by atoms with Crippen LogP contribution in [-0.2, 0) is 13.0 Å². The molecule has 0 amide bonds. The van der Waals surface area contributed by atoms with E-state index in [-0.39, 0.29) is 5.28 Å². The van der Waals surface area contributed by atoms with Crippen LogP contribution in [0, 0.1) is 0 Å². The van der Waals surface area contributed by atoms with Crippen molar-refractivity contribution in [1.29, 1.82) is 0 Å². The molecular formula is C20H17ClN4. The van der Waals surface area contributed by atoms with Gasteiger partial charge in [0.25, 0.3) is 0 Å². The van der Waals surface area contributed by atoms with Gasteiger partial charge >= 0.3 is 0 Å². The van der Waals surface area contributed by atoms with Crippen LogP contribution in [0.2, 0.25) is 5.28 Å². The van der Waals surface area contributed by atoms with Crippen molar-refractivity contribution in [3.05, 3.63) is 89.0 Å². The Kier molecular flexibility index (Phi) is 4.36. The van der Waals surface area contributed by atoms with Crippen LogP contribution in [0.1, 0.15) is 16.8 Å². The number of hydrogen-bond acceptors (Lipinski definition) is 3. The fourth-order valence-electron chi connectivity index (χ4n) is 2.86. The molecule has 124 valence electrons. The molecule has 0 atom stereocenters. The second-order valence-corrected chi connectivity index (χ2v) is 6.27. The fourth-order valence-corrected chi connectivity index (χ4v) is 3.06. The normalized spacial score (nSPS) is 10.9. The van der Waals surface area contributed by atoms with Gasteiger partial charge in [0.05, 0.1) is 5.69 Å². The van der Waals surface area contributed by atoms with Gasteiger partial charge in [-0.15, -0.1) is 0 Å². The van der Waals surface area contributed by atoms with Gasteiger partial charge in [0, 0.05) is 30.7 Å². The highest BCUT2D eigenvalue weighted by atomic mass is 35.5. The number of rotatable bonds is 5. The topological polar surface area (TPSA) is 53.6 Å². The zero-order valence-electron chi connectivity index (χ0n) is 13.5. The number of hydrogen-bond donors (Lipinski definition) is 2. The highest BCUT2D eigenvalue weighted by Gasteiger charge is 2.05. The molecule has 0 fully saturated rings. The first-order valence-corrected chi connectivity index (χ1v) is 8.51. The van der Waals surface area contributed by atoms with Gasteiger partial charge in [0.1, 0.15) is 5.82 Å². The standard InChI is InChI=1S/C20H17ClN4/c21-20-24-17(11-14-4-2-1-3-5-14)12-19(25-20)23-13-15-6-7-18-16(10-15)8-9-22-18/h1-10,12,22H,11,13H2,(H,23,24,25). The number of halogens is 1. The summed E-state index contributed by atoms with van der Waals surface area (Å²) in [7, 11) is 0. The minimum atomic E-state index is 0.261. The SMILES string of the molecule is Clc1nc(Cc2ccccc2)cc(NCc2ccc3[nH]ccc3c2)n1. The van der Waals surface area contributed by atoms with Crippen LogP contribution in [0.4, 0.5) is 5.82 Å². The molecule has 2 N–H and O–H groups in total. The van der Waals surface area contributed by atoms with Crippen molar-refractivity contribution in [3.63, 3.8) is 0 Å². The smallest absolute Gasteiger partial charge is 0.224 e. The van der Waals surface area contributed by atoms with Crippen molar-refractivity contribution in [2.45, 2.75) is 13.0 Å². The molecule has 0 bridgehead atoms. The summed E-state index contributed by atoms with van der Waals surface area (Å²) in [5.74, 6) is 0.736. The lowest BCUT2D eigenvalue weighted by Gasteiger charge is -2.08. The van der Waals surface area contributed by atoms with Crippen LogP contribution in [0.25, 0.3) is 10.9 Å². The first-order valence-electron chi connectivity index (χ1n) is 8.13. The predicted octanol–water partition coefficient (Wildman–Crippen LogP) is 4.81. The Morgan fingerprint density at radius 3 is 2.68 bits per heavy atom. The van der Waals surface area contributed by atoms with E-state index in [0.717, 1.165) is 23.4 Å². The van der Waals surface area contributed by atoms with E-state index in [4.69, 9.17) is 11.6 Å². The quantitative estimate of drug-likeness (QED) is 0.509. The molecule has 2 aromatic carbocycles. The molecule has 2 heterocycles. The number of H-pyrrole nitrogens is 1. The van der Waals surface area contributed by atoms with E-state index in [2.05, 4.69) is 56.7 Å². The molecule has 0 unspecified atom stereocenters. The maximum Gasteiger partial charge on any atom is 0.224 e. The maximum absolute atomic E-state index is 6.10. The molecule has 4 nitrogen and oxygen atoms in total. The van der Waals surface area contributed by atoms with Crippen molar-refractivity contribution >= 4 is 28.3 Å². The fraction of sp³-hybridized carbons (Fsp3) is 0.100. The third-order valence-corrected chi connectivity index (χ3v) is 4.24. The largest absolute Gasteiger partial charge is 0.366 e. The molecule has 5 heteroatoms. The number of nitrogens with one attached hydrogen (secondary N) is 2. The van der Waals surface area contributed by atoms with Crippen LogP contribution in [0.15, 0.2) is 66.9 Å². The zero-order chi connectivity index (χ0) is 17.1. The number of benzene rings is 2. The van der Waals surface area contributed by atoms with E-state index >= 15 is 0 Å². The maximum atomic E-state index is 6.10. The average Bonchev–Trinajstić information content (AvgIpc) is 3.08. The molecule has 0 saturated heterocycles. The second-order valence-electron chi connectivity index (χ2n) is 5.93. The van der Waals surface area contributed by atoms with Gasteiger partial charge in [-0.05, 0) is 46.3 Å². The van der Waals surface area contributed by atoms with Gasteiger partial charge in [-0.25, -0.2) is 9.97 Å². The van der Waals surface area contributed by atoms with Crippen molar-refractivity contribution in [3.8, 4) is 0 Å². The molecule has 0 spiro atoms. The number of aromatic amines is 1. The van der Waals surface area contributed by atoms with E-state index in [9.17, 15) is 0 Å². The molecule has 0 aliphatic heterocycles. The summed E-state index contributed by atoms with van der Waals surface area (Å²) in [6.07, 6.45) is 2.68. The van der Waals surface area contributed by atoms with Gasteiger partial charge in [0.15, 0.2) is 0 Å². The van der Waals surface area contributed by atoms with Crippen molar-refractivity contribution in [1.82, 2.24) is 15.0 Å². The molecular weight excluding hydrogens is 332 g/mol. The Labute approximate surface area is 150 Å². The molecule has 0 aliphatic rings. The van der Waals surface area contributed by atoms with E-state index in [0.29, 0.717) is 6.54 Å². The molecule has 0 aliphatic carbocycles. The highest BCUT2D eigenvalue weighted by molar-refractivity contribution is 6.28. The van der Waals surface area contributed by atoms with Crippen LogP contribution in [0.3, 0.4) is 0 Å². The highest BCUT2D eigenvalue weighted by Crippen LogP contribution is 2.17. The van der Waals surface area contributed by atoms with Crippen molar-refractivity contribution in [2.24, 2.45) is 0 Å². The van der Waals surface area contributed by atoms with E-state index in [1.807, 2.05) is 30.5 Å². The van der Waals surface area contributed by atoms with Gasteiger partial charge in [0.2, 0.25) is 5.28 Å². The first kappa shape index (κ1) is 15.7. The molecule has 0 radical (unpaired) electrons. The first-order chi connectivity index (χ1) is 12.3. The summed E-state index contributed by atoms with van der Waals surface area (Å²) < 4.78 is 0. The summed E-state index contributed by atoms with van der Waals surface area (Å²) in [4.78, 5) is 11.8. The number of anilines is 1. The lowest BCUT2D eigenvalue weighted by atomic mass is 10.1. The molecule has 4 rings (SSSR count). The molecule has 2 aromatic heterocycles. The van der Waals surface area contributed by atoms with Crippen LogP contribution in [-0.4, -0.2) is 15.0 Å². The Morgan fingerprint density at radius 2 is 1.80 bits per heavy atom. The third-order valence-electron chi connectivity index (χ3n) is 4.07. The predicted molar refractivity (Wildman–Crippen MR) is 102 cm³/mol. The van der Waals surface area contributed by atoms with E-state index < -0.39 is 0 Å². The zero-order valence-corrected chi connectivity index (χ0v) is 14.3. The van der Waals surface area contributed by atoms with Crippen molar-refractivity contribution < 1.29 is 0 Å². The van der Waals surface area contributed by atoms with Gasteiger partial charge in [-0.2, -0.15) is 0 Å². The van der Waals surface area contributed by atoms with Gasteiger partial charge < -0.3 is 10.3 Å². The van der Waals surface area contributed by atoms with Crippen LogP contribution >= 0.6 is 11.6 Å². The van der Waals surface area contributed by atoms with Gasteiger partial charge in [-0.1, -0.05) is 36.4 Å². The average molecular weight is 349 g/mol. The van der Waals surface area contributed by atoms with E-state index in [1.165, 1.54) is 16.5 Å². The lowest BCUT2D eigenvalue weighted by molar-refractivity contribution is 1.01. The lowest BCUT2D eigenvalue weighted by Crippen LogP contribution is -2.04. The summed E-state index contributed by atoms with van der Waals surface area (Å²) >= 11 is 6.10. The second kappa shape index (κ2) is 6.95. The summed E-state index contributed by atoms with van der Waals surface area (Å²) in [6, 6.07) is 20.6. The molecule has 4 aromatic rings. The molecule has 0 saturated carbocycles. The van der Waals surface area contributed by atoms with Crippen LogP contribution < -0.4 is 5.32 Å². The molecule has 25 heavy (non-hydrogen) atoms. The Morgan fingerprint density at radius 1 is 0.920 bits per heavy atom. The van der Waals surface area contributed by atoms with Crippen LogP contribution in [0.5, 0.6) is 0 Å². The summed E-state index contributed by atoms with van der Waals surface area (Å²) in [5, 5.41) is 4.80. The number of nitrogens with zero attached hydrogens (tertiary/aromatic N) is 2. The Bertz CT molecular complexity index is 995. The minimum absolute atomic E-state index is 0.261. The minimum Gasteiger partial charge on any atom is -0.366 e. The Hall–Kier alpha value is -2.85. The summed E-state index contributed by atoms with van der Waals surface area (Å²) in [5.41, 5.74) is 4.42. The number of aromatic nitrogens is 3.